The van der Waals surface area contributed by atoms with Gasteiger partial charge in [-0.1, -0.05) is 23.8 Å². The third-order valence-electron chi connectivity index (χ3n) is 3.36. The molecule has 2 rings (SSSR count). The van der Waals surface area contributed by atoms with E-state index in [-0.39, 0.29) is 0 Å². The fraction of sp³-hybridized carbons (Fsp3) is 0.692. The van der Waals surface area contributed by atoms with Crippen LogP contribution in [0.1, 0.15) is 51.4 Å². The van der Waals surface area contributed by atoms with Crippen molar-refractivity contribution in [3.63, 3.8) is 0 Å². The second kappa shape index (κ2) is 4.13. The summed E-state index contributed by atoms with van der Waals surface area (Å²) in [4.78, 5) is 0. The molecule has 72 valence electrons. The molecule has 0 atom stereocenters. The first-order valence-electron chi connectivity index (χ1n) is 5.69. The van der Waals surface area contributed by atoms with E-state index in [2.05, 4.69) is 12.7 Å². The van der Waals surface area contributed by atoms with Crippen molar-refractivity contribution >= 4 is 0 Å². The molecular formula is C13H20. The van der Waals surface area contributed by atoms with Gasteiger partial charge in [0.1, 0.15) is 0 Å². The molecule has 2 saturated carbocycles. The van der Waals surface area contributed by atoms with Gasteiger partial charge in [-0.2, -0.15) is 0 Å². The Morgan fingerprint density at radius 1 is 1.15 bits per heavy atom. The predicted octanol–water partition coefficient (Wildman–Crippen LogP) is 4.23. The zero-order valence-electron chi connectivity index (χ0n) is 8.52. The van der Waals surface area contributed by atoms with Gasteiger partial charge in [-0.25, -0.2) is 0 Å². The third kappa shape index (κ3) is 3.02. The molecule has 0 bridgehead atoms. The first-order chi connectivity index (χ1) is 6.34. The lowest BCUT2D eigenvalue weighted by atomic mass is 9.84. The summed E-state index contributed by atoms with van der Waals surface area (Å²) in [5, 5.41) is 0. The Morgan fingerprint density at radius 2 is 1.85 bits per heavy atom. The topological polar surface area (TPSA) is 0 Å². The van der Waals surface area contributed by atoms with Crippen LogP contribution in [0.3, 0.4) is 0 Å². The maximum absolute atomic E-state index is 4.06. The Labute approximate surface area is 81.7 Å². The molecule has 13 heavy (non-hydrogen) atoms. The van der Waals surface area contributed by atoms with Gasteiger partial charge >= 0.3 is 0 Å². The zero-order valence-corrected chi connectivity index (χ0v) is 8.52. The molecular weight excluding hydrogens is 156 g/mol. The second-order valence-electron chi connectivity index (χ2n) is 4.63. The molecule has 0 nitrogen and oxygen atoms in total. The van der Waals surface area contributed by atoms with Crippen LogP contribution in [0.5, 0.6) is 0 Å². The largest absolute Gasteiger partial charge is 0.0999 e. The molecule has 0 heteroatoms. The Hall–Kier alpha value is -0.520. The van der Waals surface area contributed by atoms with Crippen LogP contribution in [0.15, 0.2) is 23.8 Å². The summed E-state index contributed by atoms with van der Waals surface area (Å²) in [7, 11) is 0. The average Bonchev–Trinajstić information content (AvgIpc) is 2.92. The normalized spacial score (nSPS) is 23.4. The molecule has 0 saturated heterocycles. The quantitative estimate of drug-likeness (QED) is 0.564. The van der Waals surface area contributed by atoms with Crippen molar-refractivity contribution in [1.82, 2.24) is 0 Å². The highest BCUT2D eigenvalue weighted by molar-refractivity contribution is 5.15. The molecule has 0 N–H and O–H groups in total. The molecule has 0 spiro atoms. The van der Waals surface area contributed by atoms with Crippen LogP contribution in [-0.4, -0.2) is 0 Å². The first-order valence-corrected chi connectivity index (χ1v) is 5.69. The standard InChI is InChI=1S/C13H20/c1-11-5-7-12(8-6-11)3-2-4-13-9-10-13/h4,12H,1-3,5-10H2. The molecule has 0 aliphatic heterocycles. The average molecular weight is 176 g/mol. The third-order valence-corrected chi connectivity index (χ3v) is 3.36. The van der Waals surface area contributed by atoms with E-state index in [1.807, 2.05) is 0 Å². The highest BCUT2D eigenvalue weighted by atomic mass is 14.2. The van der Waals surface area contributed by atoms with Gasteiger partial charge in [-0.05, 0) is 57.3 Å². The molecule has 2 aliphatic rings. The Balaban J connectivity index is 1.64. The second-order valence-corrected chi connectivity index (χ2v) is 4.63. The van der Waals surface area contributed by atoms with E-state index in [4.69, 9.17) is 0 Å². The molecule has 0 heterocycles. The summed E-state index contributed by atoms with van der Waals surface area (Å²) in [6, 6.07) is 0. The molecule has 2 aliphatic carbocycles. The van der Waals surface area contributed by atoms with E-state index in [1.165, 1.54) is 56.9 Å². The van der Waals surface area contributed by atoms with Crippen molar-refractivity contribution in [2.45, 2.75) is 51.4 Å². The van der Waals surface area contributed by atoms with Gasteiger partial charge in [0.05, 0.1) is 0 Å². The van der Waals surface area contributed by atoms with Gasteiger partial charge in [0.25, 0.3) is 0 Å². The SMILES string of the molecule is C=C1CCC(CCC=C2CC2)CC1. The summed E-state index contributed by atoms with van der Waals surface area (Å²) in [5.74, 6) is 1.00. The van der Waals surface area contributed by atoms with Crippen LogP contribution >= 0.6 is 0 Å². The van der Waals surface area contributed by atoms with Crippen LogP contribution in [-0.2, 0) is 0 Å². The Kier molecular flexibility index (Phi) is 2.87. The van der Waals surface area contributed by atoms with Crippen LogP contribution in [0.4, 0.5) is 0 Å². The highest BCUT2D eigenvalue weighted by Crippen LogP contribution is 2.32. The number of rotatable bonds is 3. The van der Waals surface area contributed by atoms with E-state index >= 15 is 0 Å². The molecule has 0 aromatic heterocycles. The van der Waals surface area contributed by atoms with Crippen LogP contribution in [0.25, 0.3) is 0 Å². The fourth-order valence-corrected chi connectivity index (χ4v) is 2.17. The summed E-state index contributed by atoms with van der Waals surface area (Å²) in [6.45, 7) is 4.06. The highest BCUT2D eigenvalue weighted by Gasteiger charge is 2.15. The number of hydrogen-bond donors (Lipinski definition) is 0. The minimum atomic E-state index is 1.00. The summed E-state index contributed by atoms with van der Waals surface area (Å²) >= 11 is 0. The zero-order chi connectivity index (χ0) is 9.10. The lowest BCUT2D eigenvalue weighted by Crippen LogP contribution is -2.06. The minimum absolute atomic E-state index is 1.00. The minimum Gasteiger partial charge on any atom is -0.0999 e. The van der Waals surface area contributed by atoms with Gasteiger partial charge < -0.3 is 0 Å². The van der Waals surface area contributed by atoms with Crippen LogP contribution < -0.4 is 0 Å². The summed E-state index contributed by atoms with van der Waals surface area (Å²) in [5.41, 5.74) is 3.19. The fourth-order valence-electron chi connectivity index (χ4n) is 2.17. The van der Waals surface area contributed by atoms with Crippen molar-refractivity contribution in [1.29, 1.82) is 0 Å². The van der Waals surface area contributed by atoms with Gasteiger partial charge in [-0.3, -0.25) is 0 Å². The van der Waals surface area contributed by atoms with Crippen LogP contribution in [0, 0.1) is 5.92 Å². The summed E-state index contributed by atoms with van der Waals surface area (Å²) in [6.07, 6.45) is 13.4. The van der Waals surface area contributed by atoms with E-state index in [1.54, 1.807) is 5.57 Å². The Morgan fingerprint density at radius 3 is 2.46 bits per heavy atom. The number of allylic oxidation sites excluding steroid dienone is 3. The van der Waals surface area contributed by atoms with Gasteiger partial charge in [0, 0.05) is 0 Å². The van der Waals surface area contributed by atoms with E-state index < -0.39 is 0 Å². The monoisotopic (exact) mass is 176 g/mol. The molecule has 0 radical (unpaired) electrons. The van der Waals surface area contributed by atoms with Crippen molar-refractivity contribution in [3.05, 3.63) is 23.8 Å². The molecule has 0 aromatic carbocycles. The van der Waals surface area contributed by atoms with E-state index in [0.717, 1.165) is 5.92 Å². The molecule has 0 aromatic rings. The maximum atomic E-state index is 4.06. The molecule has 0 amide bonds. The van der Waals surface area contributed by atoms with Gasteiger partial charge in [0.2, 0.25) is 0 Å². The lowest BCUT2D eigenvalue weighted by Gasteiger charge is -2.22. The smallest absolute Gasteiger partial charge is 0.0283 e. The number of hydrogen-bond acceptors (Lipinski definition) is 0. The van der Waals surface area contributed by atoms with Crippen molar-refractivity contribution in [3.8, 4) is 0 Å². The Bertz CT molecular complexity index is 206. The van der Waals surface area contributed by atoms with E-state index in [9.17, 15) is 0 Å². The van der Waals surface area contributed by atoms with Crippen LogP contribution in [0.2, 0.25) is 0 Å². The van der Waals surface area contributed by atoms with Crippen molar-refractivity contribution < 1.29 is 0 Å². The maximum Gasteiger partial charge on any atom is -0.0283 e. The summed E-state index contributed by atoms with van der Waals surface area (Å²) < 4.78 is 0. The van der Waals surface area contributed by atoms with Crippen molar-refractivity contribution in [2.75, 3.05) is 0 Å². The van der Waals surface area contributed by atoms with Crippen molar-refractivity contribution in [2.24, 2.45) is 5.92 Å². The van der Waals surface area contributed by atoms with E-state index in [0.29, 0.717) is 0 Å². The predicted molar refractivity (Wildman–Crippen MR) is 57.6 cm³/mol. The lowest BCUT2D eigenvalue weighted by molar-refractivity contribution is 0.387. The van der Waals surface area contributed by atoms with Gasteiger partial charge in [0.15, 0.2) is 0 Å². The molecule has 2 fully saturated rings. The van der Waals surface area contributed by atoms with Gasteiger partial charge in [-0.15, -0.1) is 0 Å². The first kappa shape index (κ1) is 9.05. The molecule has 0 unspecified atom stereocenters.